The number of para-hydroxylation sites is 5. The second kappa shape index (κ2) is 12.7. The van der Waals surface area contributed by atoms with Crippen molar-refractivity contribution in [3.8, 4) is 39.3 Å². The Morgan fingerprint density at radius 1 is 0.267 bits per heavy atom. The molecule has 9 aromatic carbocycles. The predicted octanol–water partition coefficient (Wildman–Crippen LogP) is 15.1. The van der Waals surface area contributed by atoms with Crippen LogP contribution in [0.4, 0.5) is 0 Å². The van der Waals surface area contributed by atoms with Gasteiger partial charge in [0.05, 0.1) is 33.0 Å². The number of fused-ring (bicyclic) bond motifs is 11. The lowest BCUT2D eigenvalue weighted by atomic mass is 9.98. The summed E-state index contributed by atoms with van der Waals surface area (Å²) in [6.45, 7) is 0. The van der Waals surface area contributed by atoms with Crippen molar-refractivity contribution in [2.45, 2.75) is 0 Å². The zero-order valence-electron chi connectivity index (χ0n) is 32.5. The van der Waals surface area contributed by atoms with Gasteiger partial charge >= 0.3 is 0 Å². The van der Waals surface area contributed by atoms with Gasteiger partial charge in [-0.25, -0.2) is 0 Å². The van der Waals surface area contributed by atoms with Crippen molar-refractivity contribution in [3.63, 3.8) is 0 Å². The summed E-state index contributed by atoms with van der Waals surface area (Å²) in [6.07, 6.45) is 0. The fourth-order valence-electron chi connectivity index (χ4n) is 9.76. The topological polar surface area (TPSA) is 27.9 Å². The molecule has 0 unspecified atom stereocenters. The smallest absolute Gasteiger partial charge is 0.213 e. The zero-order valence-corrected chi connectivity index (χ0v) is 32.5. The van der Waals surface area contributed by atoms with Crippen LogP contribution in [0.15, 0.2) is 217 Å². The molecular formula is C56H35N3O. The fraction of sp³-hybridized carbons (Fsp3) is 0. The van der Waals surface area contributed by atoms with E-state index in [-0.39, 0.29) is 0 Å². The molecule has 4 heterocycles. The highest BCUT2D eigenvalue weighted by molar-refractivity contribution is 6.20. The molecule has 13 aromatic rings. The van der Waals surface area contributed by atoms with Crippen LogP contribution in [0.25, 0.3) is 116 Å². The highest BCUT2D eigenvalue weighted by Crippen LogP contribution is 2.41. The lowest BCUT2D eigenvalue weighted by molar-refractivity contribution is 0.645. The quantitative estimate of drug-likeness (QED) is 0.171. The molecular weight excluding hydrogens is 731 g/mol. The van der Waals surface area contributed by atoms with Crippen LogP contribution in [0, 0.1) is 0 Å². The van der Waals surface area contributed by atoms with Crippen molar-refractivity contribution in [1.82, 2.24) is 13.7 Å². The summed E-state index contributed by atoms with van der Waals surface area (Å²) in [5.74, 6) is 0. The van der Waals surface area contributed by atoms with Gasteiger partial charge in [0, 0.05) is 49.4 Å². The Morgan fingerprint density at radius 2 is 0.750 bits per heavy atom. The molecule has 60 heavy (non-hydrogen) atoms. The summed E-state index contributed by atoms with van der Waals surface area (Å²) in [5.41, 5.74) is 15.8. The van der Waals surface area contributed by atoms with Gasteiger partial charge in [0.1, 0.15) is 5.58 Å². The summed E-state index contributed by atoms with van der Waals surface area (Å²) in [4.78, 5) is 0. The summed E-state index contributed by atoms with van der Waals surface area (Å²) in [6, 6.07) is 76.6. The average molecular weight is 766 g/mol. The highest BCUT2D eigenvalue weighted by Gasteiger charge is 2.20. The maximum atomic E-state index is 6.60. The molecule has 0 aliphatic rings. The maximum Gasteiger partial charge on any atom is 0.213 e. The molecule has 0 amide bonds. The maximum absolute atomic E-state index is 6.60. The Kier molecular flexibility index (Phi) is 6.98. The largest absolute Gasteiger partial charge is 0.439 e. The third-order valence-corrected chi connectivity index (χ3v) is 12.5. The van der Waals surface area contributed by atoms with Crippen LogP contribution < -0.4 is 0 Å². The molecule has 0 bridgehead atoms. The van der Waals surface area contributed by atoms with Crippen molar-refractivity contribution < 1.29 is 4.42 Å². The molecule has 0 fully saturated rings. The van der Waals surface area contributed by atoms with Crippen molar-refractivity contribution in [3.05, 3.63) is 212 Å². The molecule has 4 heteroatoms. The van der Waals surface area contributed by atoms with E-state index < -0.39 is 0 Å². The molecule has 0 N–H and O–H groups in total. The van der Waals surface area contributed by atoms with Gasteiger partial charge in [-0.15, -0.1) is 0 Å². The van der Waals surface area contributed by atoms with Crippen molar-refractivity contribution in [2.75, 3.05) is 0 Å². The van der Waals surface area contributed by atoms with Gasteiger partial charge in [-0.2, -0.15) is 0 Å². The van der Waals surface area contributed by atoms with E-state index in [1.807, 2.05) is 6.07 Å². The Bertz CT molecular complexity index is 3770. The number of hydrogen-bond acceptors (Lipinski definition) is 1. The second-order valence-electron chi connectivity index (χ2n) is 15.7. The molecule has 4 nitrogen and oxygen atoms in total. The Morgan fingerprint density at radius 3 is 1.40 bits per heavy atom. The van der Waals surface area contributed by atoms with Gasteiger partial charge in [0.25, 0.3) is 0 Å². The molecule has 0 saturated carbocycles. The minimum Gasteiger partial charge on any atom is -0.439 e. The number of aromatic nitrogens is 3. The third-order valence-electron chi connectivity index (χ3n) is 12.5. The average Bonchev–Trinajstić information content (AvgIpc) is 4.05. The van der Waals surface area contributed by atoms with E-state index in [0.717, 1.165) is 50.2 Å². The van der Waals surface area contributed by atoms with Crippen LogP contribution in [-0.2, 0) is 0 Å². The lowest BCUT2D eigenvalue weighted by Gasteiger charge is -2.12. The van der Waals surface area contributed by atoms with E-state index in [2.05, 4.69) is 220 Å². The second-order valence-corrected chi connectivity index (χ2v) is 15.7. The van der Waals surface area contributed by atoms with Gasteiger partial charge < -0.3 is 13.6 Å². The van der Waals surface area contributed by atoms with E-state index >= 15 is 0 Å². The first-order valence-electron chi connectivity index (χ1n) is 20.5. The van der Waals surface area contributed by atoms with Gasteiger partial charge in [-0.05, 0) is 101 Å². The van der Waals surface area contributed by atoms with E-state index in [0.29, 0.717) is 0 Å². The van der Waals surface area contributed by atoms with Crippen molar-refractivity contribution in [2.24, 2.45) is 0 Å². The summed E-state index contributed by atoms with van der Waals surface area (Å²) < 4.78 is 13.6. The normalized spacial score (nSPS) is 12.0. The fourth-order valence-corrected chi connectivity index (χ4v) is 9.76. The molecule has 4 aromatic heterocycles. The summed E-state index contributed by atoms with van der Waals surface area (Å²) in [5, 5.41) is 8.46. The van der Waals surface area contributed by atoms with Crippen LogP contribution >= 0.6 is 0 Å². The Balaban J connectivity index is 0.887. The minimum absolute atomic E-state index is 0.872. The molecule has 280 valence electrons. The summed E-state index contributed by atoms with van der Waals surface area (Å²) >= 11 is 0. The van der Waals surface area contributed by atoms with E-state index in [9.17, 15) is 0 Å². The predicted molar refractivity (Wildman–Crippen MR) is 250 cm³/mol. The number of rotatable bonds is 5. The van der Waals surface area contributed by atoms with Gasteiger partial charge in [0.2, 0.25) is 5.71 Å². The van der Waals surface area contributed by atoms with Gasteiger partial charge in [-0.3, -0.25) is 4.57 Å². The number of hydrogen-bond donors (Lipinski definition) is 0. The van der Waals surface area contributed by atoms with Crippen LogP contribution in [-0.4, -0.2) is 13.7 Å². The first-order valence-corrected chi connectivity index (χ1v) is 20.5. The molecule has 13 rings (SSSR count). The van der Waals surface area contributed by atoms with Gasteiger partial charge in [-0.1, -0.05) is 133 Å². The standard InChI is InChI=1S/C56H35N3O/c1-2-14-40(15-3-1)59-52-24-11-7-20-46(52)55-48-34-39(29-32-54(48)60-56(55)59)37-27-25-36(26-28-37)38-13-12-16-41(33-38)57-51-23-10-6-19-45(51)47-35-42(30-31-53(47)57)58-49-21-8-4-17-43(49)44-18-5-9-22-50(44)58/h1-35H. The van der Waals surface area contributed by atoms with Crippen LogP contribution in [0.1, 0.15) is 0 Å². The van der Waals surface area contributed by atoms with Crippen LogP contribution in [0.2, 0.25) is 0 Å². The van der Waals surface area contributed by atoms with E-state index in [4.69, 9.17) is 4.42 Å². The Hall–Kier alpha value is -8.08. The number of benzene rings is 9. The lowest BCUT2D eigenvalue weighted by Crippen LogP contribution is -1.96. The SMILES string of the molecule is c1ccc(-n2c3ccccc3c3c4cc(-c5ccc(-c6cccc(-n7c8ccccc8c8cc(-n9c%10ccccc%10c%10ccccc%109)ccc87)c6)cc5)ccc4oc32)cc1. The zero-order chi connectivity index (χ0) is 39.3. The minimum atomic E-state index is 0.872. The van der Waals surface area contributed by atoms with Gasteiger partial charge in [0.15, 0.2) is 0 Å². The first-order chi connectivity index (χ1) is 29.8. The third kappa shape index (κ3) is 4.79. The monoisotopic (exact) mass is 765 g/mol. The van der Waals surface area contributed by atoms with Crippen molar-refractivity contribution >= 4 is 76.6 Å². The molecule has 0 spiro atoms. The molecule has 0 atom stereocenters. The molecule has 0 aliphatic heterocycles. The number of nitrogens with zero attached hydrogens (tertiary/aromatic N) is 3. The first kappa shape index (κ1) is 32.9. The van der Waals surface area contributed by atoms with Crippen LogP contribution in [0.5, 0.6) is 0 Å². The molecule has 0 radical (unpaired) electrons. The highest BCUT2D eigenvalue weighted by atomic mass is 16.3. The number of furan rings is 1. The molecule has 0 aliphatic carbocycles. The van der Waals surface area contributed by atoms with E-state index in [1.165, 1.54) is 65.7 Å². The summed E-state index contributed by atoms with van der Waals surface area (Å²) in [7, 11) is 0. The molecule has 0 saturated heterocycles. The van der Waals surface area contributed by atoms with E-state index in [1.54, 1.807) is 0 Å². The van der Waals surface area contributed by atoms with Crippen molar-refractivity contribution in [1.29, 1.82) is 0 Å². The van der Waals surface area contributed by atoms with Crippen LogP contribution in [0.3, 0.4) is 0 Å². The Labute approximate surface area is 345 Å².